The van der Waals surface area contributed by atoms with E-state index in [0.717, 1.165) is 31.2 Å². The summed E-state index contributed by atoms with van der Waals surface area (Å²) in [6.45, 7) is 0.479. The van der Waals surface area contributed by atoms with Gasteiger partial charge in [0.2, 0.25) is 0 Å². The van der Waals surface area contributed by atoms with Crippen LogP contribution in [0.4, 0.5) is 0 Å². The van der Waals surface area contributed by atoms with Crippen LogP contribution in [0.1, 0.15) is 37.7 Å². The number of carbonyl (C=O) groups excluding carboxylic acids is 2. The number of hydrogen-bond acceptors (Lipinski definition) is 3. The molecule has 0 radical (unpaired) electrons. The highest BCUT2D eigenvalue weighted by Gasteiger charge is 2.38. The number of benzene rings is 1. The van der Waals surface area contributed by atoms with Crippen molar-refractivity contribution in [3.8, 4) is 0 Å². The summed E-state index contributed by atoms with van der Waals surface area (Å²) in [4.78, 5) is 26.2. The monoisotopic (exact) mass is 299 g/mol. The fourth-order valence-corrected chi connectivity index (χ4v) is 3.37. The van der Waals surface area contributed by atoms with Gasteiger partial charge in [-0.25, -0.2) is 0 Å². The highest BCUT2D eigenvalue weighted by molar-refractivity contribution is 6.25. The first-order valence-corrected chi connectivity index (χ1v) is 7.96. The topological polar surface area (TPSA) is 57.6 Å². The van der Waals surface area contributed by atoms with E-state index in [1.54, 1.807) is 0 Å². The van der Waals surface area contributed by atoms with Gasteiger partial charge in [0.15, 0.2) is 5.78 Å². The molecule has 1 aliphatic heterocycles. The molecule has 1 amide bonds. The Morgan fingerprint density at radius 3 is 2.45 bits per heavy atom. The second-order valence-electron chi connectivity index (χ2n) is 6.17. The van der Waals surface area contributed by atoms with Crippen LogP contribution in [0.25, 0.3) is 0 Å². The zero-order valence-corrected chi connectivity index (χ0v) is 12.6. The van der Waals surface area contributed by atoms with Gasteiger partial charge in [0.1, 0.15) is 11.3 Å². The first kappa shape index (κ1) is 14.8. The van der Waals surface area contributed by atoms with Gasteiger partial charge < -0.3 is 10.0 Å². The molecule has 0 bridgehead atoms. The van der Waals surface area contributed by atoms with E-state index in [4.69, 9.17) is 0 Å². The Bertz CT molecular complexity index is 600. The van der Waals surface area contributed by atoms with Crippen LogP contribution >= 0.6 is 0 Å². The second-order valence-corrected chi connectivity index (χ2v) is 6.17. The van der Waals surface area contributed by atoms with Crippen molar-refractivity contribution < 1.29 is 14.7 Å². The second kappa shape index (κ2) is 6.34. The van der Waals surface area contributed by atoms with Crippen molar-refractivity contribution in [2.24, 2.45) is 5.92 Å². The van der Waals surface area contributed by atoms with E-state index in [0.29, 0.717) is 6.54 Å². The Morgan fingerprint density at radius 2 is 1.77 bits per heavy atom. The molecule has 116 valence electrons. The first-order valence-electron chi connectivity index (χ1n) is 7.96. The molecule has 0 atom stereocenters. The Kier molecular flexibility index (Phi) is 4.27. The average molecular weight is 299 g/mol. The minimum Gasteiger partial charge on any atom is -0.511 e. The number of likely N-dealkylation sites (tertiary alicyclic amines) is 1. The van der Waals surface area contributed by atoms with E-state index < -0.39 is 0 Å². The van der Waals surface area contributed by atoms with Crippen molar-refractivity contribution in [2.75, 3.05) is 6.54 Å². The number of ketones is 1. The van der Waals surface area contributed by atoms with Gasteiger partial charge in [-0.15, -0.1) is 0 Å². The van der Waals surface area contributed by atoms with Gasteiger partial charge in [-0.2, -0.15) is 0 Å². The maximum absolute atomic E-state index is 12.5. The minimum atomic E-state index is -0.322. The first-order chi connectivity index (χ1) is 10.7. The van der Waals surface area contributed by atoms with Crippen LogP contribution in [-0.2, 0) is 16.1 Å². The Balaban J connectivity index is 1.79. The highest BCUT2D eigenvalue weighted by Crippen LogP contribution is 2.32. The standard InChI is InChI=1S/C18H21NO3/c20-15-12-19(11-13-7-3-1-4-8-13)18(22)16(15)17(21)14-9-5-2-6-10-14/h1,3-4,7-8,14,21H,2,5-6,9-12H2/b17-16-. The minimum absolute atomic E-state index is 0.0201. The summed E-state index contributed by atoms with van der Waals surface area (Å²) in [5.41, 5.74) is 1.02. The molecule has 1 saturated carbocycles. The summed E-state index contributed by atoms with van der Waals surface area (Å²) in [5, 5.41) is 10.4. The summed E-state index contributed by atoms with van der Waals surface area (Å²) in [5.74, 6) is -0.556. The van der Waals surface area contributed by atoms with Crippen molar-refractivity contribution in [1.29, 1.82) is 0 Å². The zero-order chi connectivity index (χ0) is 15.5. The van der Waals surface area contributed by atoms with Gasteiger partial charge in [0.05, 0.1) is 6.54 Å². The normalized spacial score (nSPS) is 22.3. The molecule has 1 aromatic carbocycles. The molecule has 4 heteroatoms. The van der Waals surface area contributed by atoms with Crippen molar-refractivity contribution in [1.82, 2.24) is 4.90 Å². The van der Waals surface area contributed by atoms with E-state index in [-0.39, 0.29) is 35.5 Å². The molecule has 0 aromatic heterocycles. The van der Waals surface area contributed by atoms with Gasteiger partial charge in [-0.1, -0.05) is 49.6 Å². The van der Waals surface area contributed by atoms with Crippen molar-refractivity contribution in [3.05, 3.63) is 47.2 Å². The van der Waals surface area contributed by atoms with Crippen LogP contribution in [0, 0.1) is 5.92 Å². The third-order valence-corrected chi connectivity index (χ3v) is 4.58. The van der Waals surface area contributed by atoms with E-state index in [2.05, 4.69) is 0 Å². The lowest BCUT2D eigenvalue weighted by Crippen LogP contribution is -2.25. The number of Topliss-reactive ketones (excluding diaryl/α,β-unsaturated/α-hetero) is 1. The molecule has 3 rings (SSSR count). The molecule has 1 N–H and O–H groups in total. The molecule has 22 heavy (non-hydrogen) atoms. The molecule has 1 aliphatic carbocycles. The number of carbonyl (C=O) groups is 2. The van der Waals surface area contributed by atoms with Gasteiger partial charge in [-0.05, 0) is 18.4 Å². The molecule has 1 heterocycles. The average Bonchev–Trinajstić information content (AvgIpc) is 2.82. The van der Waals surface area contributed by atoms with Gasteiger partial charge in [0.25, 0.3) is 5.91 Å². The quantitative estimate of drug-likeness (QED) is 0.530. The maximum Gasteiger partial charge on any atom is 0.261 e. The molecule has 2 fully saturated rings. The van der Waals surface area contributed by atoms with Crippen LogP contribution in [0.15, 0.2) is 41.7 Å². The number of hydrogen-bond donors (Lipinski definition) is 1. The van der Waals surface area contributed by atoms with E-state index in [1.807, 2.05) is 30.3 Å². The van der Waals surface area contributed by atoms with Crippen molar-refractivity contribution >= 4 is 11.7 Å². The number of allylic oxidation sites excluding steroid dienone is 1. The number of rotatable bonds is 3. The zero-order valence-electron chi connectivity index (χ0n) is 12.6. The number of aliphatic hydroxyl groups is 1. The number of amides is 1. The van der Waals surface area contributed by atoms with Crippen molar-refractivity contribution in [3.63, 3.8) is 0 Å². The molecular formula is C18H21NO3. The molecule has 1 saturated heterocycles. The lowest BCUT2D eigenvalue weighted by atomic mass is 9.86. The Labute approximate surface area is 130 Å². The number of aliphatic hydroxyl groups excluding tert-OH is 1. The third-order valence-electron chi connectivity index (χ3n) is 4.58. The van der Waals surface area contributed by atoms with E-state index in [9.17, 15) is 14.7 Å². The maximum atomic E-state index is 12.5. The summed E-state index contributed by atoms with van der Waals surface area (Å²) >= 11 is 0. The van der Waals surface area contributed by atoms with E-state index in [1.165, 1.54) is 11.3 Å². The Morgan fingerprint density at radius 1 is 1.09 bits per heavy atom. The predicted octanol–water partition coefficient (Wildman–Crippen LogP) is 2.99. The summed E-state index contributed by atoms with van der Waals surface area (Å²) < 4.78 is 0. The lowest BCUT2D eigenvalue weighted by molar-refractivity contribution is -0.125. The molecule has 2 aliphatic rings. The van der Waals surface area contributed by atoms with Gasteiger partial charge in [0, 0.05) is 12.5 Å². The molecule has 0 unspecified atom stereocenters. The van der Waals surface area contributed by atoms with Crippen LogP contribution in [-0.4, -0.2) is 28.2 Å². The Hall–Kier alpha value is -2.10. The highest BCUT2D eigenvalue weighted by atomic mass is 16.3. The van der Waals surface area contributed by atoms with Crippen LogP contribution in [0.3, 0.4) is 0 Å². The largest absolute Gasteiger partial charge is 0.511 e. The SMILES string of the molecule is O=C1CN(Cc2ccccc2)C(=O)/C1=C(\O)C1CCCCC1. The fourth-order valence-electron chi connectivity index (χ4n) is 3.37. The van der Waals surface area contributed by atoms with Crippen LogP contribution < -0.4 is 0 Å². The molecule has 4 nitrogen and oxygen atoms in total. The van der Waals surface area contributed by atoms with E-state index >= 15 is 0 Å². The van der Waals surface area contributed by atoms with Gasteiger partial charge in [-0.3, -0.25) is 9.59 Å². The summed E-state index contributed by atoms with van der Waals surface area (Å²) in [7, 11) is 0. The van der Waals surface area contributed by atoms with Gasteiger partial charge >= 0.3 is 0 Å². The molecule has 1 aromatic rings. The van der Waals surface area contributed by atoms with Crippen LogP contribution in [0.5, 0.6) is 0 Å². The predicted molar refractivity (Wildman–Crippen MR) is 83.1 cm³/mol. The fraction of sp³-hybridized carbons (Fsp3) is 0.444. The molecule has 0 spiro atoms. The number of nitrogens with zero attached hydrogens (tertiary/aromatic N) is 1. The van der Waals surface area contributed by atoms with Crippen molar-refractivity contribution in [2.45, 2.75) is 38.6 Å². The summed E-state index contributed by atoms with van der Waals surface area (Å²) in [6, 6.07) is 9.60. The molecular weight excluding hydrogens is 278 g/mol. The van der Waals surface area contributed by atoms with Crippen LogP contribution in [0.2, 0.25) is 0 Å². The summed E-state index contributed by atoms with van der Waals surface area (Å²) in [6.07, 6.45) is 5.01. The third kappa shape index (κ3) is 2.91. The smallest absolute Gasteiger partial charge is 0.261 e. The lowest BCUT2D eigenvalue weighted by Gasteiger charge is -2.21.